The molecule has 72 valence electrons. The highest BCUT2D eigenvalue weighted by Crippen LogP contribution is 2.35. The summed E-state index contributed by atoms with van der Waals surface area (Å²) in [6.45, 7) is -0.407. The zero-order valence-electron chi connectivity index (χ0n) is 7.47. The van der Waals surface area contributed by atoms with E-state index in [2.05, 4.69) is 0 Å². The molecule has 0 heterocycles. The number of aliphatic carboxylic acids is 1. The summed E-state index contributed by atoms with van der Waals surface area (Å²) in [4.78, 5) is 11.1. The molecular weight excluding hydrogens is 180 g/mol. The molecule has 0 aliphatic heterocycles. The van der Waals surface area contributed by atoms with Crippen molar-refractivity contribution in [1.82, 2.24) is 0 Å². The van der Waals surface area contributed by atoms with Crippen molar-refractivity contribution in [3.63, 3.8) is 0 Å². The van der Waals surface area contributed by atoms with Gasteiger partial charge in [-0.05, 0) is 11.1 Å². The Balaban J connectivity index is 2.61. The van der Waals surface area contributed by atoms with Crippen LogP contribution in [0.4, 0.5) is 0 Å². The number of carboxylic acids is 1. The van der Waals surface area contributed by atoms with Gasteiger partial charge in [0.2, 0.25) is 0 Å². The summed E-state index contributed by atoms with van der Waals surface area (Å²) in [7, 11) is 0. The first-order chi connectivity index (χ1) is 6.70. The van der Waals surface area contributed by atoms with Gasteiger partial charge in [-0.25, -0.2) is 0 Å². The number of hydrogen-bond acceptors (Lipinski definition) is 2. The van der Waals surface area contributed by atoms with Crippen molar-refractivity contribution in [2.75, 3.05) is 6.61 Å². The van der Waals surface area contributed by atoms with Crippen LogP contribution in [0.3, 0.4) is 0 Å². The second-order valence-corrected chi connectivity index (χ2v) is 3.36. The number of fused-ring (bicyclic) bond motifs is 1. The van der Waals surface area contributed by atoms with Crippen LogP contribution >= 0.6 is 0 Å². The molecule has 3 heteroatoms. The second-order valence-electron chi connectivity index (χ2n) is 3.36. The lowest BCUT2D eigenvalue weighted by Gasteiger charge is -2.21. The van der Waals surface area contributed by atoms with Crippen molar-refractivity contribution in [2.45, 2.75) is 5.41 Å². The maximum Gasteiger partial charge on any atom is 0.320 e. The minimum Gasteiger partial charge on any atom is -0.480 e. The molecular formula is C11H10O3. The molecule has 0 radical (unpaired) electrons. The van der Waals surface area contributed by atoms with E-state index in [1.54, 1.807) is 24.3 Å². The number of aliphatic hydroxyl groups excluding tert-OH is 1. The van der Waals surface area contributed by atoms with Crippen LogP contribution in [0.1, 0.15) is 11.1 Å². The van der Waals surface area contributed by atoms with Gasteiger partial charge < -0.3 is 10.2 Å². The van der Waals surface area contributed by atoms with Gasteiger partial charge in [0.1, 0.15) is 5.41 Å². The fourth-order valence-corrected chi connectivity index (χ4v) is 1.76. The smallest absolute Gasteiger partial charge is 0.320 e. The Kier molecular flexibility index (Phi) is 1.89. The summed E-state index contributed by atoms with van der Waals surface area (Å²) in [6, 6.07) is 7.20. The monoisotopic (exact) mass is 190 g/mol. The van der Waals surface area contributed by atoms with Gasteiger partial charge in [-0.1, -0.05) is 36.4 Å². The fraction of sp³-hybridized carbons (Fsp3) is 0.182. The summed E-state index contributed by atoms with van der Waals surface area (Å²) in [6.07, 6.45) is 3.28. The molecule has 0 saturated carbocycles. The Morgan fingerprint density at radius 2 is 2.07 bits per heavy atom. The molecule has 0 fully saturated rings. The van der Waals surface area contributed by atoms with E-state index in [-0.39, 0.29) is 0 Å². The molecule has 1 atom stereocenters. The average Bonchev–Trinajstić information content (AvgIpc) is 2.57. The molecule has 2 rings (SSSR count). The fourth-order valence-electron chi connectivity index (χ4n) is 1.76. The summed E-state index contributed by atoms with van der Waals surface area (Å²) in [5, 5.41) is 18.3. The van der Waals surface area contributed by atoms with Gasteiger partial charge in [0.25, 0.3) is 0 Å². The number of rotatable bonds is 2. The molecule has 0 saturated heterocycles. The van der Waals surface area contributed by atoms with Crippen molar-refractivity contribution in [3.8, 4) is 0 Å². The van der Waals surface area contributed by atoms with Crippen LogP contribution < -0.4 is 0 Å². The van der Waals surface area contributed by atoms with Crippen LogP contribution in [0, 0.1) is 0 Å². The van der Waals surface area contributed by atoms with Gasteiger partial charge in [-0.2, -0.15) is 0 Å². The number of aliphatic hydroxyl groups is 1. The predicted octanol–water partition coefficient (Wildman–Crippen LogP) is 1.03. The van der Waals surface area contributed by atoms with E-state index < -0.39 is 18.0 Å². The molecule has 0 spiro atoms. The first-order valence-electron chi connectivity index (χ1n) is 4.34. The zero-order valence-corrected chi connectivity index (χ0v) is 7.47. The van der Waals surface area contributed by atoms with E-state index in [4.69, 9.17) is 5.11 Å². The topological polar surface area (TPSA) is 57.5 Å². The summed E-state index contributed by atoms with van der Waals surface area (Å²) < 4.78 is 0. The minimum atomic E-state index is -1.24. The highest BCUT2D eigenvalue weighted by atomic mass is 16.4. The van der Waals surface area contributed by atoms with E-state index in [0.717, 1.165) is 5.56 Å². The largest absolute Gasteiger partial charge is 0.480 e. The van der Waals surface area contributed by atoms with E-state index in [0.29, 0.717) is 5.56 Å². The Morgan fingerprint density at radius 1 is 1.36 bits per heavy atom. The van der Waals surface area contributed by atoms with Crippen molar-refractivity contribution in [1.29, 1.82) is 0 Å². The van der Waals surface area contributed by atoms with Gasteiger partial charge >= 0.3 is 5.97 Å². The van der Waals surface area contributed by atoms with Crippen molar-refractivity contribution in [3.05, 3.63) is 41.5 Å². The van der Waals surface area contributed by atoms with E-state index in [1.165, 1.54) is 0 Å². The molecule has 1 unspecified atom stereocenters. The molecule has 0 aromatic heterocycles. The maximum atomic E-state index is 11.1. The number of benzene rings is 1. The molecule has 0 bridgehead atoms. The average molecular weight is 190 g/mol. The first kappa shape index (κ1) is 8.97. The Labute approximate surface area is 81.3 Å². The lowest BCUT2D eigenvalue weighted by atomic mass is 9.83. The third-order valence-corrected chi connectivity index (χ3v) is 2.62. The van der Waals surface area contributed by atoms with Crippen LogP contribution in [-0.2, 0) is 10.2 Å². The normalized spacial score (nSPS) is 23.5. The molecule has 14 heavy (non-hydrogen) atoms. The van der Waals surface area contributed by atoms with E-state index >= 15 is 0 Å². The minimum absolute atomic E-state index is 0.407. The highest BCUT2D eigenvalue weighted by molar-refractivity contribution is 5.90. The van der Waals surface area contributed by atoms with Crippen LogP contribution in [0.2, 0.25) is 0 Å². The van der Waals surface area contributed by atoms with Crippen molar-refractivity contribution < 1.29 is 15.0 Å². The number of hydrogen-bond donors (Lipinski definition) is 2. The summed E-state index contributed by atoms with van der Waals surface area (Å²) in [5.41, 5.74) is 0.287. The lowest BCUT2D eigenvalue weighted by molar-refractivity contribution is -0.143. The van der Waals surface area contributed by atoms with Gasteiger partial charge in [-0.15, -0.1) is 0 Å². The van der Waals surface area contributed by atoms with Gasteiger partial charge in [0.15, 0.2) is 0 Å². The standard InChI is InChI=1S/C11H10O3/c12-7-11(10(13)14)6-5-8-3-1-2-4-9(8)11/h1-6,12H,7H2,(H,13,14). The van der Waals surface area contributed by atoms with Gasteiger partial charge in [0.05, 0.1) is 6.61 Å². The Hall–Kier alpha value is -1.61. The van der Waals surface area contributed by atoms with Crippen LogP contribution in [0.5, 0.6) is 0 Å². The molecule has 2 N–H and O–H groups in total. The Bertz CT molecular complexity index is 409. The van der Waals surface area contributed by atoms with Crippen LogP contribution in [0.25, 0.3) is 6.08 Å². The van der Waals surface area contributed by atoms with E-state index in [9.17, 15) is 9.90 Å². The first-order valence-corrected chi connectivity index (χ1v) is 4.34. The van der Waals surface area contributed by atoms with Gasteiger partial charge in [0, 0.05) is 0 Å². The molecule has 1 aliphatic carbocycles. The van der Waals surface area contributed by atoms with Crippen molar-refractivity contribution >= 4 is 12.0 Å². The second kappa shape index (κ2) is 2.96. The number of carboxylic acid groups (broad SMARTS) is 1. The third-order valence-electron chi connectivity index (χ3n) is 2.62. The summed E-state index contributed by atoms with van der Waals surface area (Å²) in [5.74, 6) is -1.01. The number of carbonyl (C=O) groups is 1. The quantitative estimate of drug-likeness (QED) is 0.732. The van der Waals surface area contributed by atoms with E-state index in [1.807, 2.05) is 12.1 Å². The maximum absolute atomic E-state index is 11.1. The SMILES string of the molecule is O=C(O)C1(CO)C=Cc2ccccc21. The van der Waals surface area contributed by atoms with Gasteiger partial charge in [-0.3, -0.25) is 4.79 Å². The summed E-state index contributed by atoms with van der Waals surface area (Å²) >= 11 is 0. The molecule has 1 aliphatic rings. The molecule has 1 aromatic carbocycles. The van der Waals surface area contributed by atoms with Crippen LogP contribution in [0.15, 0.2) is 30.3 Å². The third kappa shape index (κ3) is 0.992. The zero-order chi connectivity index (χ0) is 10.2. The predicted molar refractivity (Wildman–Crippen MR) is 51.9 cm³/mol. The molecule has 3 nitrogen and oxygen atoms in total. The van der Waals surface area contributed by atoms with Crippen molar-refractivity contribution in [2.24, 2.45) is 0 Å². The molecule has 1 aromatic rings. The Morgan fingerprint density at radius 3 is 2.71 bits per heavy atom. The molecule has 0 amide bonds. The van der Waals surface area contributed by atoms with Crippen LogP contribution in [-0.4, -0.2) is 22.8 Å². The lowest BCUT2D eigenvalue weighted by Crippen LogP contribution is -2.36. The highest BCUT2D eigenvalue weighted by Gasteiger charge is 2.41.